The van der Waals surface area contributed by atoms with Gasteiger partial charge in [-0.25, -0.2) is 0 Å². The molecular formula is C15H14N2O3. The number of nitrogens with one attached hydrogen (secondary N) is 1. The van der Waals surface area contributed by atoms with Crippen molar-refractivity contribution in [1.82, 2.24) is 0 Å². The normalized spacial score (nSPS) is 10.1. The van der Waals surface area contributed by atoms with Crippen LogP contribution >= 0.6 is 0 Å². The third-order valence-electron chi connectivity index (χ3n) is 3.20. The Morgan fingerprint density at radius 2 is 1.80 bits per heavy atom. The molecule has 2 aromatic carbocycles. The van der Waals surface area contributed by atoms with Crippen molar-refractivity contribution < 1.29 is 9.72 Å². The van der Waals surface area contributed by atoms with Gasteiger partial charge in [-0.3, -0.25) is 14.9 Å². The summed E-state index contributed by atoms with van der Waals surface area (Å²) < 4.78 is 0. The summed E-state index contributed by atoms with van der Waals surface area (Å²) in [7, 11) is 0. The summed E-state index contributed by atoms with van der Waals surface area (Å²) in [6.45, 7) is 3.83. The first-order valence-electron chi connectivity index (χ1n) is 6.11. The van der Waals surface area contributed by atoms with E-state index in [0.29, 0.717) is 5.69 Å². The molecule has 2 aromatic rings. The predicted octanol–water partition coefficient (Wildman–Crippen LogP) is 3.46. The molecular weight excluding hydrogens is 256 g/mol. The molecule has 0 aromatic heterocycles. The monoisotopic (exact) mass is 270 g/mol. The van der Waals surface area contributed by atoms with Crippen LogP contribution in [-0.2, 0) is 0 Å². The summed E-state index contributed by atoms with van der Waals surface area (Å²) in [5.74, 6) is -0.481. The van der Waals surface area contributed by atoms with Gasteiger partial charge in [0.15, 0.2) is 0 Å². The highest BCUT2D eigenvalue weighted by atomic mass is 16.6. The van der Waals surface area contributed by atoms with Gasteiger partial charge >= 0.3 is 0 Å². The van der Waals surface area contributed by atoms with E-state index in [0.717, 1.165) is 11.1 Å². The molecule has 102 valence electrons. The molecule has 20 heavy (non-hydrogen) atoms. The van der Waals surface area contributed by atoms with Gasteiger partial charge in [-0.05, 0) is 37.1 Å². The Morgan fingerprint density at radius 3 is 2.50 bits per heavy atom. The second kappa shape index (κ2) is 5.52. The summed E-state index contributed by atoms with van der Waals surface area (Å²) in [5.41, 5.74) is 2.51. The minimum absolute atomic E-state index is 0.0541. The van der Waals surface area contributed by atoms with E-state index in [-0.39, 0.29) is 11.3 Å². The van der Waals surface area contributed by atoms with Crippen molar-refractivity contribution >= 4 is 17.3 Å². The van der Waals surface area contributed by atoms with Crippen LogP contribution in [0.5, 0.6) is 0 Å². The number of nitro benzene ring substituents is 1. The largest absolute Gasteiger partial charge is 0.322 e. The van der Waals surface area contributed by atoms with Crippen molar-refractivity contribution in [2.45, 2.75) is 13.8 Å². The number of hydrogen-bond donors (Lipinski definition) is 1. The number of para-hydroxylation sites is 1. The number of aryl methyl sites for hydroxylation is 1. The van der Waals surface area contributed by atoms with Gasteiger partial charge in [-0.2, -0.15) is 0 Å². The van der Waals surface area contributed by atoms with Crippen molar-refractivity contribution in [2.24, 2.45) is 0 Å². The smallest absolute Gasteiger partial charge is 0.282 e. The van der Waals surface area contributed by atoms with Gasteiger partial charge in [-0.15, -0.1) is 0 Å². The highest BCUT2D eigenvalue weighted by Crippen LogP contribution is 2.22. The molecule has 0 spiro atoms. The van der Waals surface area contributed by atoms with Crippen molar-refractivity contribution in [3.8, 4) is 0 Å². The average Bonchev–Trinajstić information content (AvgIpc) is 2.43. The lowest BCUT2D eigenvalue weighted by atomic mass is 10.1. The molecule has 1 N–H and O–H groups in total. The zero-order valence-corrected chi connectivity index (χ0v) is 11.2. The Kier molecular flexibility index (Phi) is 3.79. The van der Waals surface area contributed by atoms with Gasteiger partial charge in [0.2, 0.25) is 0 Å². The average molecular weight is 270 g/mol. The zero-order chi connectivity index (χ0) is 14.7. The van der Waals surface area contributed by atoms with E-state index in [1.54, 1.807) is 12.1 Å². The molecule has 5 heteroatoms. The lowest BCUT2D eigenvalue weighted by molar-refractivity contribution is -0.385. The fraction of sp³-hybridized carbons (Fsp3) is 0.133. The van der Waals surface area contributed by atoms with Crippen LogP contribution in [0.4, 0.5) is 11.4 Å². The number of hydrogen-bond acceptors (Lipinski definition) is 3. The Labute approximate surface area is 116 Å². The standard InChI is InChI=1S/C15H14N2O3/c1-10-6-5-8-13(11(10)2)16-15(18)12-7-3-4-9-14(12)17(19)20/h3-9H,1-2H3,(H,16,18). The van der Waals surface area contributed by atoms with E-state index in [2.05, 4.69) is 5.32 Å². The summed E-state index contributed by atoms with van der Waals surface area (Å²) in [4.78, 5) is 22.6. The van der Waals surface area contributed by atoms with Gasteiger partial charge in [0.25, 0.3) is 11.6 Å². The fourth-order valence-corrected chi connectivity index (χ4v) is 1.90. The zero-order valence-electron chi connectivity index (χ0n) is 11.2. The Hall–Kier alpha value is -2.69. The molecule has 2 rings (SSSR count). The molecule has 1 amide bonds. The minimum atomic E-state index is -0.558. The topological polar surface area (TPSA) is 72.2 Å². The number of nitro groups is 1. The van der Waals surface area contributed by atoms with Crippen molar-refractivity contribution in [3.63, 3.8) is 0 Å². The second-order valence-corrected chi connectivity index (χ2v) is 4.48. The molecule has 0 aliphatic rings. The summed E-state index contributed by atoms with van der Waals surface area (Å²) in [6.07, 6.45) is 0. The molecule has 0 aliphatic carbocycles. The number of benzene rings is 2. The maximum absolute atomic E-state index is 12.2. The summed E-state index contributed by atoms with van der Waals surface area (Å²) in [6, 6.07) is 11.4. The van der Waals surface area contributed by atoms with Crippen LogP contribution in [0.25, 0.3) is 0 Å². The molecule has 0 atom stereocenters. The van der Waals surface area contributed by atoms with Crippen molar-refractivity contribution in [2.75, 3.05) is 5.32 Å². The number of anilines is 1. The summed E-state index contributed by atoms with van der Waals surface area (Å²) >= 11 is 0. The molecule has 0 saturated carbocycles. The number of carbonyl (C=O) groups is 1. The van der Waals surface area contributed by atoms with Gasteiger partial charge in [0.05, 0.1) is 4.92 Å². The third kappa shape index (κ3) is 2.66. The molecule has 0 fully saturated rings. The Balaban J connectivity index is 2.34. The minimum Gasteiger partial charge on any atom is -0.322 e. The fourth-order valence-electron chi connectivity index (χ4n) is 1.90. The predicted molar refractivity (Wildman–Crippen MR) is 77.0 cm³/mol. The second-order valence-electron chi connectivity index (χ2n) is 4.48. The highest BCUT2D eigenvalue weighted by molar-refractivity contribution is 6.07. The maximum atomic E-state index is 12.2. The van der Waals surface area contributed by atoms with E-state index in [4.69, 9.17) is 0 Å². The molecule has 0 saturated heterocycles. The van der Waals surface area contributed by atoms with Crippen LogP contribution in [0.15, 0.2) is 42.5 Å². The van der Waals surface area contributed by atoms with Crippen LogP contribution in [-0.4, -0.2) is 10.8 Å². The van der Waals surface area contributed by atoms with Crippen LogP contribution in [0, 0.1) is 24.0 Å². The highest BCUT2D eigenvalue weighted by Gasteiger charge is 2.19. The van der Waals surface area contributed by atoms with E-state index < -0.39 is 10.8 Å². The molecule has 5 nitrogen and oxygen atoms in total. The SMILES string of the molecule is Cc1cccc(NC(=O)c2ccccc2[N+](=O)[O-])c1C. The Morgan fingerprint density at radius 1 is 1.10 bits per heavy atom. The first kappa shape index (κ1) is 13.7. The maximum Gasteiger partial charge on any atom is 0.282 e. The van der Waals surface area contributed by atoms with Crippen LogP contribution in [0.2, 0.25) is 0 Å². The number of rotatable bonds is 3. The van der Waals surface area contributed by atoms with Gasteiger partial charge in [-0.1, -0.05) is 24.3 Å². The van der Waals surface area contributed by atoms with Crippen molar-refractivity contribution in [1.29, 1.82) is 0 Å². The van der Waals surface area contributed by atoms with Crippen LogP contribution in [0.1, 0.15) is 21.5 Å². The van der Waals surface area contributed by atoms with Gasteiger partial charge < -0.3 is 5.32 Å². The molecule has 0 bridgehead atoms. The number of amides is 1. The lowest BCUT2D eigenvalue weighted by Gasteiger charge is -2.10. The van der Waals surface area contributed by atoms with E-state index >= 15 is 0 Å². The number of carbonyl (C=O) groups excluding carboxylic acids is 1. The van der Waals surface area contributed by atoms with E-state index in [1.165, 1.54) is 18.2 Å². The van der Waals surface area contributed by atoms with E-state index in [9.17, 15) is 14.9 Å². The van der Waals surface area contributed by atoms with Gasteiger partial charge in [0, 0.05) is 11.8 Å². The van der Waals surface area contributed by atoms with Gasteiger partial charge in [0.1, 0.15) is 5.56 Å². The first-order chi connectivity index (χ1) is 9.50. The third-order valence-corrected chi connectivity index (χ3v) is 3.20. The van der Waals surface area contributed by atoms with Crippen molar-refractivity contribution in [3.05, 3.63) is 69.3 Å². The molecule has 0 unspecified atom stereocenters. The van der Waals surface area contributed by atoms with Crippen LogP contribution < -0.4 is 5.32 Å². The summed E-state index contributed by atoms with van der Waals surface area (Å²) in [5, 5.41) is 13.6. The molecule has 0 radical (unpaired) electrons. The lowest BCUT2D eigenvalue weighted by Crippen LogP contribution is -2.14. The Bertz CT molecular complexity index is 681. The molecule has 0 heterocycles. The van der Waals surface area contributed by atoms with E-state index in [1.807, 2.05) is 26.0 Å². The first-order valence-corrected chi connectivity index (χ1v) is 6.11. The number of nitrogens with zero attached hydrogens (tertiary/aromatic N) is 1. The molecule has 0 aliphatic heterocycles. The van der Waals surface area contributed by atoms with Crippen LogP contribution in [0.3, 0.4) is 0 Å². The quantitative estimate of drug-likeness (QED) is 0.685.